The highest BCUT2D eigenvalue weighted by molar-refractivity contribution is 7.10. The van der Waals surface area contributed by atoms with Crippen LogP contribution in [0.25, 0.3) is 0 Å². The van der Waals surface area contributed by atoms with E-state index in [1.165, 1.54) is 12.0 Å². The Labute approximate surface area is 173 Å². The molecular weight excluding hydrogens is 372 g/mol. The average molecular weight is 409 g/mol. The fourth-order valence-corrected chi connectivity index (χ4v) is 4.80. The molecule has 0 aliphatic carbocycles. The highest BCUT2D eigenvalue weighted by atomic mass is 32.1. The summed E-state index contributed by atoms with van der Waals surface area (Å²) in [5, 5.41) is 5.70. The van der Waals surface area contributed by atoms with E-state index in [2.05, 4.69) is 33.5 Å². The molecule has 0 saturated carbocycles. The molecule has 3 rings (SSSR count). The molecule has 1 saturated heterocycles. The van der Waals surface area contributed by atoms with Gasteiger partial charge in [0.15, 0.2) is 5.96 Å². The van der Waals surface area contributed by atoms with Crippen LogP contribution in [-0.4, -0.2) is 81.5 Å². The molecule has 2 aliphatic rings. The lowest BCUT2D eigenvalue weighted by atomic mass is 10.1. The van der Waals surface area contributed by atoms with Crippen LogP contribution in [0.1, 0.15) is 36.6 Å². The summed E-state index contributed by atoms with van der Waals surface area (Å²) in [5.74, 6) is 1.06. The van der Waals surface area contributed by atoms with Crippen LogP contribution in [0.4, 0.5) is 0 Å². The number of piperidine rings is 1. The minimum Gasteiger partial charge on any atom is -0.385 e. The molecule has 0 spiro atoms. The van der Waals surface area contributed by atoms with E-state index in [-0.39, 0.29) is 0 Å². The molecule has 0 bridgehead atoms. The molecule has 0 radical (unpaired) electrons. The summed E-state index contributed by atoms with van der Waals surface area (Å²) in [7, 11) is 1.74. The van der Waals surface area contributed by atoms with Crippen molar-refractivity contribution in [2.24, 2.45) is 4.99 Å². The number of hydrogen-bond donors (Lipinski definition) is 1. The van der Waals surface area contributed by atoms with E-state index in [1.54, 1.807) is 12.0 Å². The predicted molar refractivity (Wildman–Crippen MR) is 116 cm³/mol. The maximum Gasteiger partial charge on any atom is 0.193 e. The van der Waals surface area contributed by atoms with Crippen molar-refractivity contribution >= 4 is 17.3 Å². The van der Waals surface area contributed by atoms with E-state index >= 15 is 0 Å². The summed E-state index contributed by atoms with van der Waals surface area (Å²) < 4.78 is 11.1. The van der Waals surface area contributed by atoms with Crippen LogP contribution in [0.2, 0.25) is 0 Å². The van der Waals surface area contributed by atoms with Crippen molar-refractivity contribution in [3.63, 3.8) is 0 Å². The van der Waals surface area contributed by atoms with Gasteiger partial charge in [-0.25, -0.2) is 0 Å². The molecule has 3 heterocycles. The minimum absolute atomic E-state index is 0.379. The Morgan fingerprint density at radius 3 is 2.93 bits per heavy atom. The SMILES string of the molecule is CCNC(=NCCN1CCc2sccc2C1)N1CCC(OCCCOC)CC1. The number of rotatable bonds is 9. The van der Waals surface area contributed by atoms with Crippen molar-refractivity contribution in [1.82, 2.24) is 15.1 Å². The van der Waals surface area contributed by atoms with Gasteiger partial charge in [-0.05, 0) is 49.6 Å². The molecule has 1 fully saturated rings. The molecule has 158 valence electrons. The summed E-state index contributed by atoms with van der Waals surface area (Å²) in [6.45, 7) is 10.8. The zero-order chi connectivity index (χ0) is 19.6. The van der Waals surface area contributed by atoms with E-state index in [1.807, 2.05) is 11.3 Å². The third kappa shape index (κ3) is 6.44. The number of likely N-dealkylation sites (tertiary alicyclic amines) is 1. The molecule has 6 nitrogen and oxygen atoms in total. The van der Waals surface area contributed by atoms with Gasteiger partial charge in [-0.3, -0.25) is 9.89 Å². The van der Waals surface area contributed by atoms with Crippen molar-refractivity contribution < 1.29 is 9.47 Å². The van der Waals surface area contributed by atoms with Crippen LogP contribution in [0.5, 0.6) is 0 Å². The van der Waals surface area contributed by atoms with E-state index < -0.39 is 0 Å². The van der Waals surface area contributed by atoms with Crippen LogP contribution in [0.15, 0.2) is 16.4 Å². The molecule has 0 atom stereocenters. The second-order valence-corrected chi connectivity index (χ2v) is 8.54. The first-order valence-electron chi connectivity index (χ1n) is 10.7. The molecule has 1 aromatic heterocycles. The van der Waals surface area contributed by atoms with Gasteiger partial charge in [0.25, 0.3) is 0 Å². The Bertz CT molecular complexity index is 599. The van der Waals surface area contributed by atoms with E-state index in [4.69, 9.17) is 14.5 Å². The Hall–Kier alpha value is -1.15. The van der Waals surface area contributed by atoms with Crippen molar-refractivity contribution in [3.8, 4) is 0 Å². The largest absolute Gasteiger partial charge is 0.385 e. The maximum atomic E-state index is 5.98. The smallest absolute Gasteiger partial charge is 0.193 e. The summed E-state index contributed by atoms with van der Waals surface area (Å²) in [6.07, 6.45) is 4.69. The normalized spacial score (nSPS) is 19.1. The monoisotopic (exact) mass is 408 g/mol. The molecular formula is C21H36N4O2S. The van der Waals surface area contributed by atoms with E-state index in [0.717, 1.165) is 84.2 Å². The third-order valence-corrected chi connectivity index (χ3v) is 6.51. The number of thiophene rings is 1. The fourth-order valence-electron chi connectivity index (χ4n) is 3.91. The first kappa shape index (κ1) is 21.6. The summed E-state index contributed by atoms with van der Waals surface area (Å²) >= 11 is 1.90. The van der Waals surface area contributed by atoms with Gasteiger partial charge in [-0.2, -0.15) is 0 Å². The van der Waals surface area contributed by atoms with Crippen molar-refractivity contribution in [1.29, 1.82) is 0 Å². The first-order chi connectivity index (χ1) is 13.8. The molecule has 28 heavy (non-hydrogen) atoms. The van der Waals surface area contributed by atoms with Crippen LogP contribution >= 0.6 is 11.3 Å². The molecule has 0 amide bonds. The van der Waals surface area contributed by atoms with Crippen molar-refractivity contribution in [2.75, 3.05) is 59.6 Å². The number of ether oxygens (including phenoxy) is 2. The highest BCUT2D eigenvalue weighted by Gasteiger charge is 2.22. The number of nitrogens with one attached hydrogen (secondary N) is 1. The van der Waals surface area contributed by atoms with Crippen LogP contribution in [0.3, 0.4) is 0 Å². The molecule has 1 N–H and O–H groups in total. The maximum absolute atomic E-state index is 5.98. The quantitative estimate of drug-likeness (QED) is 0.387. The summed E-state index contributed by atoms with van der Waals surface area (Å²) in [4.78, 5) is 11.4. The fraction of sp³-hybridized carbons (Fsp3) is 0.762. The van der Waals surface area contributed by atoms with Crippen molar-refractivity contribution in [3.05, 3.63) is 21.9 Å². The van der Waals surface area contributed by atoms with Gasteiger partial charge in [-0.15, -0.1) is 11.3 Å². The Balaban J connectivity index is 1.41. The molecule has 0 unspecified atom stereocenters. The van der Waals surface area contributed by atoms with Gasteiger partial charge < -0.3 is 19.7 Å². The minimum atomic E-state index is 0.379. The highest BCUT2D eigenvalue weighted by Crippen LogP contribution is 2.23. The topological polar surface area (TPSA) is 49.3 Å². The molecule has 0 aromatic carbocycles. The summed E-state index contributed by atoms with van der Waals surface area (Å²) in [6, 6.07) is 2.28. The van der Waals surface area contributed by atoms with Gasteiger partial charge >= 0.3 is 0 Å². The molecule has 1 aromatic rings. The molecule has 7 heteroatoms. The predicted octanol–water partition coefficient (Wildman–Crippen LogP) is 2.59. The van der Waals surface area contributed by atoms with Gasteiger partial charge in [-0.1, -0.05) is 0 Å². The zero-order valence-corrected chi connectivity index (χ0v) is 18.3. The Kier molecular flexibility index (Phi) is 9.05. The van der Waals surface area contributed by atoms with Crippen LogP contribution in [0, 0.1) is 0 Å². The van der Waals surface area contributed by atoms with Crippen LogP contribution in [-0.2, 0) is 22.4 Å². The van der Waals surface area contributed by atoms with Gasteiger partial charge in [0.05, 0.1) is 12.6 Å². The van der Waals surface area contributed by atoms with E-state index in [0.29, 0.717) is 6.10 Å². The van der Waals surface area contributed by atoms with Gasteiger partial charge in [0.1, 0.15) is 0 Å². The zero-order valence-electron chi connectivity index (χ0n) is 17.5. The lowest BCUT2D eigenvalue weighted by Crippen LogP contribution is -2.47. The Morgan fingerprint density at radius 2 is 2.14 bits per heavy atom. The number of fused-ring (bicyclic) bond motifs is 1. The van der Waals surface area contributed by atoms with Crippen LogP contribution < -0.4 is 5.32 Å². The molecule has 2 aliphatic heterocycles. The second-order valence-electron chi connectivity index (χ2n) is 7.53. The second kappa shape index (κ2) is 11.8. The summed E-state index contributed by atoms with van der Waals surface area (Å²) in [5.41, 5.74) is 1.51. The number of nitrogens with zero attached hydrogens (tertiary/aromatic N) is 3. The van der Waals surface area contributed by atoms with Crippen molar-refractivity contribution in [2.45, 2.75) is 45.3 Å². The van der Waals surface area contributed by atoms with Gasteiger partial charge in [0.2, 0.25) is 0 Å². The number of hydrogen-bond acceptors (Lipinski definition) is 5. The first-order valence-corrected chi connectivity index (χ1v) is 11.6. The third-order valence-electron chi connectivity index (χ3n) is 5.49. The lowest BCUT2D eigenvalue weighted by molar-refractivity contribution is 0.00990. The standard InChI is InChI=1S/C21H36N4O2S/c1-3-22-21(25-11-5-19(6-12-25)27-15-4-14-26-2)23-9-13-24-10-7-20-18(17-24)8-16-28-20/h8,16,19H,3-7,9-15,17H2,1-2H3,(H,22,23). The Morgan fingerprint density at radius 1 is 1.29 bits per heavy atom. The van der Waals surface area contributed by atoms with E-state index in [9.17, 15) is 0 Å². The number of guanidine groups is 1. The number of aliphatic imine (C=N–C) groups is 1. The number of methoxy groups -OCH3 is 1. The lowest BCUT2D eigenvalue weighted by Gasteiger charge is -2.34. The average Bonchev–Trinajstić information content (AvgIpc) is 3.19. The van der Waals surface area contributed by atoms with Gasteiger partial charge in [0, 0.05) is 64.5 Å².